The van der Waals surface area contributed by atoms with Crippen molar-refractivity contribution < 1.29 is 9.53 Å². The van der Waals surface area contributed by atoms with Gasteiger partial charge in [0, 0.05) is 29.3 Å². The number of H-pyrrole nitrogens is 1. The standard InChI is InChI=1S/C14H12N2O2/c1-8(17)13-14-10(7-12(16-13)18-2)9-5-3-4-6-11(9)15-14/h3-7,15H,1-2H3. The van der Waals surface area contributed by atoms with Crippen LogP contribution in [0.1, 0.15) is 17.4 Å². The molecule has 4 heteroatoms. The fraction of sp³-hybridized carbons (Fsp3) is 0.143. The first kappa shape index (κ1) is 10.8. The first-order valence-electron chi connectivity index (χ1n) is 5.67. The monoisotopic (exact) mass is 240 g/mol. The van der Waals surface area contributed by atoms with Crippen molar-refractivity contribution in [3.05, 3.63) is 36.0 Å². The van der Waals surface area contributed by atoms with E-state index in [0.717, 1.165) is 21.8 Å². The van der Waals surface area contributed by atoms with E-state index < -0.39 is 0 Å². The summed E-state index contributed by atoms with van der Waals surface area (Å²) in [5.41, 5.74) is 2.18. The zero-order chi connectivity index (χ0) is 12.7. The minimum absolute atomic E-state index is 0.0783. The second-order valence-corrected chi connectivity index (χ2v) is 4.16. The Kier molecular flexibility index (Phi) is 2.30. The van der Waals surface area contributed by atoms with Crippen LogP contribution < -0.4 is 4.74 Å². The Morgan fingerprint density at radius 3 is 2.78 bits per heavy atom. The molecule has 0 amide bonds. The van der Waals surface area contributed by atoms with Crippen LogP contribution in [-0.4, -0.2) is 22.9 Å². The molecule has 4 nitrogen and oxygen atoms in total. The molecule has 0 bridgehead atoms. The molecule has 0 saturated heterocycles. The summed E-state index contributed by atoms with van der Waals surface area (Å²) in [5.74, 6) is 0.378. The van der Waals surface area contributed by atoms with Crippen molar-refractivity contribution in [3.8, 4) is 5.88 Å². The minimum atomic E-state index is -0.0783. The first-order chi connectivity index (χ1) is 8.70. The highest BCUT2D eigenvalue weighted by atomic mass is 16.5. The van der Waals surface area contributed by atoms with Crippen LogP contribution >= 0.6 is 0 Å². The van der Waals surface area contributed by atoms with E-state index in [4.69, 9.17) is 4.74 Å². The number of rotatable bonds is 2. The summed E-state index contributed by atoms with van der Waals surface area (Å²) in [6, 6.07) is 9.76. The predicted octanol–water partition coefficient (Wildman–Crippen LogP) is 2.93. The molecule has 1 N–H and O–H groups in total. The van der Waals surface area contributed by atoms with E-state index in [2.05, 4.69) is 9.97 Å². The summed E-state index contributed by atoms with van der Waals surface area (Å²) in [5, 5.41) is 2.03. The van der Waals surface area contributed by atoms with Crippen LogP contribution in [0.4, 0.5) is 0 Å². The number of fused-ring (bicyclic) bond motifs is 3. The number of aromatic amines is 1. The van der Waals surface area contributed by atoms with Gasteiger partial charge in [-0.15, -0.1) is 0 Å². The normalized spacial score (nSPS) is 11.0. The molecular formula is C14H12N2O2. The smallest absolute Gasteiger partial charge is 0.214 e. The van der Waals surface area contributed by atoms with E-state index in [-0.39, 0.29) is 5.78 Å². The molecule has 0 unspecified atom stereocenters. The molecule has 2 aromatic heterocycles. The fourth-order valence-electron chi connectivity index (χ4n) is 2.18. The summed E-state index contributed by atoms with van der Waals surface area (Å²) in [4.78, 5) is 19.1. The molecule has 0 saturated carbocycles. The number of aromatic nitrogens is 2. The van der Waals surface area contributed by atoms with Crippen molar-refractivity contribution in [2.45, 2.75) is 6.92 Å². The van der Waals surface area contributed by atoms with Gasteiger partial charge >= 0.3 is 0 Å². The number of nitrogens with zero attached hydrogens (tertiary/aromatic N) is 1. The topological polar surface area (TPSA) is 55.0 Å². The summed E-state index contributed by atoms with van der Waals surface area (Å²) in [6.07, 6.45) is 0. The Labute approximate surface area is 104 Å². The van der Waals surface area contributed by atoms with Crippen LogP contribution in [0.3, 0.4) is 0 Å². The van der Waals surface area contributed by atoms with Crippen molar-refractivity contribution in [1.82, 2.24) is 9.97 Å². The number of ether oxygens (including phenoxy) is 1. The van der Waals surface area contributed by atoms with Crippen molar-refractivity contribution in [1.29, 1.82) is 0 Å². The van der Waals surface area contributed by atoms with E-state index >= 15 is 0 Å². The van der Waals surface area contributed by atoms with Crippen LogP contribution in [0.25, 0.3) is 21.8 Å². The van der Waals surface area contributed by atoms with E-state index in [1.807, 2.05) is 30.3 Å². The van der Waals surface area contributed by atoms with Gasteiger partial charge in [-0.3, -0.25) is 4.79 Å². The second kappa shape index (κ2) is 3.84. The van der Waals surface area contributed by atoms with Gasteiger partial charge in [0.2, 0.25) is 5.88 Å². The average Bonchev–Trinajstić information content (AvgIpc) is 2.75. The van der Waals surface area contributed by atoms with E-state index in [1.54, 1.807) is 7.11 Å². The van der Waals surface area contributed by atoms with E-state index in [1.165, 1.54) is 6.92 Å². The average molecular weight is 240 g/mol. The van der Waals surface area contributed by atoms with Crippen LogP contribution in [0.5, 0.6) is 5.88 Å². The number of benzene rings is 1. The molecule has 0 aliphatic carbocycles. The van der Waals surface area contributed by atoms with Gasteiger partial charge in [-0.25, -0.2) is 4.98 Å². The summed E-state index contributed by atoms with van der Waals surface area (Å²) in [6.45, 7) is 1.51. The minimum Gasteiger partial charge on any atom is -0.481 e. The maximum atomic E-state index is 11.7. The molecule has 0 aliphatic rings. The van der Waals surface area contributed by atoms with Crippen molar-refractivity contribution in [2.24, 2.45) is 0 Å². The number of carbonyl (C=O) groups excluding carboxylic acids is 1. The summed E-state index contributed by atoms with van der Waals surface area (Å²) < 4.78 is 5.15. The number of hydrogen-bond acceptors (Lipinski definition) is 3. The van der Waals surface area contributed by atoms with Gasteiger partial charge in [-0.05, 0) is 6.07 Å². The molecule has 3 rings (SSSR count). The SMILES string of the molecule is COc1cc2c([nH]c3ccccc32)c(C(C)=O)n1. The first-order valence-corrected chi connectivity index (χ1v) is 5.67. The van der Waals surface area contributed by atoms with Gasteiger partial charge in [0.1, 0.15) is 5.69 Å². The highest BCUT2D eigenvalue weighted by Gasteiger charge is 2.14. The zero-order valence-electron chi connectivity index (χ0n) is 10.2. The highest BCUT2D eigenvalue weighted by Crippen LogP contribution is 2.29. The molecule has 0 radical (unpaired) electrons. The highest BCUT2D eigenvalue weighted by molar-refractivity contribution is 6.14. The quantitative estimate of drug-likeness (QED) is 0.701. The third-order valence-corrected chi connectivity index (χ3v) is 3.02. The van der Waals surface area contributed by atoms with E-state index in [0.29, 0.717) is 11.6 Å². The molecule has 0 aliphatic heterocycles. The lowest BCUT2D eigenvalue weighted by atomic mass is 10.1. The molecule has 18 heavy (non-hydrogen) atoms. The number of ketones is 1. The molecule has 2 heterocycles. The Morgan fingerprint density at radius 2 is 2.06 bits per heavy atom. The summed E-state index contributed by atoms with van der Waals surface area (Å²) in [7, 11) is 1.55. The Morgan fingerprint density at radius 1 is 1.28 bits per heavy atom. The van der Waals surface area contributed by atoms with Gasteiger partial charge < -0.3 is 9.72 Å². The zero-order valence-corrected chi connectivity index (χ0v) is 10.2. The Balaban J connectivity index is 2.50. The maximum Gasteiger partial charge on any atom is 0.214 e. The molecule has 3 aromatic rings. The molecule has 0 atom stereocenters. The van der Waals surface area contributed by atoms with Crippen LogP contribution in [-0.2, 0) is 0 Å². The number of nitrogens with one attached hydrogen (secondary N) is 1. The lowest BCUT2D eigenvalue weighted by Gasteiger charge is -2.02. The molecule has 0 fully saturated rings. The van der Waals surface area contributed by atoms with Gasteiger partial charge in [0.05, 0.1) is 12.6 Å². The summed E-state index contributed by atoms with van der Waals surface area (Å²) >= 11 is 0. The van der Waals surface area contributed by atoms with Crippen molar-refractivity contribution >= 4 is 27.6 Å². The van der Waals surface area contributed by atoms with Crippen molar-refractivity contribution in [3.63, 3.8) is 0 Å². The Hall–Kier alpha value is -2.36. The van der Waals surface area contributed by atoms with Gasteiger partial charge in [-0.1, -0.05) is 18.2 Å². The molecular weight excluding hydrogens is 228 g/mol. The van der Waals surface area contributed by atoms with Crippen LogP contribution in [0.15, 0.2) is 30.3 Å². The van der Waals surface area contributed by atoms with Crippen LogP contribution in [0.2, 0.25) is 0 Å². The number of Topliss-reactive ketones (excluding diaryl/α,β-unsaturated/α-hetero) is 1. The Bertz CT molecular complexity index is 759. The number of hydrogen-bond donors (Lipinski definition) is 1. The lowest BCUT2D eigenvalue weighted by molar-refractivity contribution is 0.101. The maximum absolute atomic E-state index is 11.7. The predicted molar refractivity (Wildman–Crippen MR) is 70.2 cm³/mol. The lowest BCUT2D eigenvalue weighted by Crippen LogP contribution is -2.00. The molecule has 90 valence electrons. The fourth-order valence-corrected chi connectivity index (χ4v) is 2.18. The van der Waals surface area contributed by atoms with Gasteiger partial charge in [0.25, 0.3) is 0 Å². The largest absolute Gasteiger partial charge is 0.481 e. The third kappa shape index (κ3) is 1.46. The third-order valence-electron chi connectivity index (χ3n) is 3.02. The number of pyridine rings is 1. The van der Waals surface area contributed by atoms with Crippen LogP contribution in [0, 0.1) is 0 Å². The van der Waals surface area contributed by atoms with Crippen molar-refractivity contribution in [2.75, 3.05) is 7.11 Å². The van der Waals surface area contributed by atoms with E-state index in [9.17, 15) is 4.79 Å². The molecule has 1 aromatic carbocycles. The van der Waals surface area contributed by atoms with Gasteiger partial charge in [0.15, 0.2) is 5.78 Å². The molecule has 0 spiro atoms. The number of methoxy groups -OCH3 is 1. The second-order valence-electron chi connectivity index (χ2n) is 4.16. The van der Waals surface area contributed by atoms with Gasteiger partial charge in [-0.2, -0.15) is 0 Å². The number of carbonyl (C=O) groups is 1. The number of para-hydroxylation sites is 1.